The molecule has 1 saturated heterocycles. The van der Waals surface area contributed by atoms with E-state index in [9.17, 15) is 4.39 Å². The Morgan fingerprint density at radius 2 is 2.00 bits per heavy atom. The van der Waals surface area contributed by atoms with Crippen LogP contribution in [0.5, 0.6) is 0 Å². The van der Waals surface area contributed by atoms with Crippen molar-refractivity contribution in [3.8, 4) is 11.1 Å². The highest BCUT2D eigenvalue weighted by Crippen LogP contribution is 2.32. The van der Waals surface area contributed by atoms with Gasteiger partial charge < -0.3 is 9.64 Å². The Bertz CT molecular complexity index is 975. The number of benzene rings is 1. The van der Waals surface area contributed by atoms with Crippen LogP contribution in [0.4, 0.5) is 10.3 Å². The maximum Gasteiger partial charge on any atom is 0.225 e. The monoisotopic (exact) mass is 413 g/mol. The number of anilines is 1. The van der Waals surface area contributed by atoms with Gasteiger partial charge in [-0.1, -0.05) is 12.1 Å². The molecule has 0 spiro atoms. The second kappa shape index (κ2) is 8.52. The standard InChI is InChI=1S/C21H24FN5OS/c1-14-23-10-17(29-14)12-27-8-9-28-19(13-27)20-18(11-24-21(25-20)26(2)3)15-4-6-16(22)7-5-15/h4-7,10-11,19H,8-9,12-13H2,1-3H3. The summed E-state index contributed by atoms with van der Waals surface area (Å²) in [7, 11) is 3.83. The summed E-state index contributed by atoms with van der Waals surface area (Å²) >= 11 is 1.72. The third-order valence-corrected chi connectivity index (χ3v) is 5.76. The molecule has 0 saturated carbocycles. The largest absolute Gasteiger partial charge is 0.369 e. The number of hydrogen-bond donors (Lipinski definition) is 0. The molecule has 1 unspecified atom stereocenters. The Labute approximate surface area is 174 Å². The Morgan fingerprint density at radius 1 is 1.21 bits per heavy atom. The van der Waals surface area contributed by atoms with E-state index in [0.717, 1.165) is 41.5 Å². The van der Waals surface area contributed by atoms with Crippen LogP contribution in [0.15, 0.2) is 36.7 Å². The maximum atomic E-state index is 13.4. The molecule has 0 N–H and O–H groups in total. The molecule has 1 aliphatic heterocycles. The first-order valence-corrected chi connectivity index (χ1v) is 10.4. The van der Waals surface area contributed by atoms with E-state index in [0.29, 0.717) is 12.6 Å². The van der Waals surface area contributed by atoms with Crippen molar-refractivity contribution in [3.05, 3.63) is 58.1 Å². The first kappa shape index (κ1) is 19.9. The van der Waals surface area contributed by atoms with Crippen LogP contribution in [0.25, 0.3) is 11.1 Å². The summed E-state index contributed by atoms with van der Waals surface area (Å²) in [5, 5.41) is 1.08. The smallest absolute Gasteiger partial charge is 0.225 e. The number of nitrogens with zero attached hydrogens (tertiary/aromatic N) is 5. The van der Waals surface area contributed by atoms with E-state index in [1.807, 2.05) is 32.1 Å². The van der Waals surface area contributed by atoms with Gasteiger partial charge in [-0.15, -0.1) is 11.3 Å². The van der Waals surface area contributed by atoms with Crippen LogP contribution in [-0.4, -0.2) is 53.6 Å². The summed E-state index contributed by atoms with van der Waals surface area (Å²) in [5.74, 6) is 0.366. The van der Waals surface area contributed by atoms with Crippen LogP contribution < -0.4 is 4.90 Å². The molecule has 1 atom stereocenters. The summed E-state index contributed by atoms with van der Waals surface area (Å²) in [4.78, 5) is 19.1. The molecular formula is C21H24FN5OS. The average molecular weight is 414 g/mol. The van der Waals surface area contributed by atoms with Gasteiger partial charge >= 0.3 is 0 Å². The average Bonchev–Trinajstić information content (AvgIpc) is 3.13. The molecule has 29 heavy (non-hydrogen) atoms. The van der Waals surface area contributed by atoms with Crippen LogP contribution in [0.2, 0.25) is 0 Å². The second-order valence-electron chi connectivity index (χ2n) is 7.31. The van der Waals surface area contributed by atoms with E-state index in [1.54, 1.807) is 29.7 Å². The summed E-state index contributed by atoms with van der Waals surface area (Å²) in [6, 6.07) is 6.43. The van der Waals surface area contributed by atoms with Crippen LogP contribution in [-0.2, 0) is 11.3 Å². The van der Waals surface area contributed by atoms with E-state index >= 15 is 0 Å². The van der Waals surface area contributed by atoms with E-state index < -0.39 is 0 Å². The maximum absolute atomic E-state index is 13.4. The number of rotatable bonds is 5. The zero-order chi connectivity index (χ0) is 20.4. The van der Waals surface area contributed by atoms with Gasteiger partial charge in [0.2, 0.25) is 5.95 Å². The summed E-state index contributed by atoms with van der Waals surface area (Å²) in [5.41, 5.74) is 2.59. The van der Waals surface area contributed by atoms with Crippen LogP contribution in [0.3, 0.4) is 0 Å². The van der Waals surface area contributed by atoms with E-state index in [4.69, 9.17) is 9.72 Å². The van der Waals surface area contributed by atoms with Gasteiger partial charge in [-0.05, 0) is 24.6 Å². The molecule has 4 rings (SSSR count). The molecule has 0 bridgehead atoms. The minimum atomic E-state index is -0.263. The Kier molecular flexibility index (Phi) is 5.84. The summed E-state index contributed by atoms with van der Waals surface area (Å²) < 4.78 is 19.5. The highest BCUT2D eigenvalue weighted by Gasteiger charge is 2.27. The minimum Gasteiger partial charge on any atom is -0.369 e. The predicted octanol–water partition coefficient (Wildman–Crippen LogP) is 3.69. The molecule has 1 aromatic carbocycles. The lowest BCUT2D eigenvalue weighted by Crippen LogP contribution is -2.38. The first-order valence-electron chi connectivity index (χ1n) is 9.55. The predicted molar refractivity (Wildman–Crippen MR) is 113 cm³/mol. The molecule has 2 aromatic heterocycles. The van der Waals surface area contributed by atoms with Crippen molar-refractivity contribution in [1.29, 1.82) is 0 Å². The van der Waals surface area contributed by atoms with Crippen LogP contribution in [0.1, 0.15) is 21.7 Å². The fraction of sp³-hybridized carbons (Fsp3) is 0.381. The number of hydrogen-bond acceptors (Lipinski definition) is 7. The third-order valence-electron chi connectivity index (χ3n) is 4.86. The lowest BCUT2D eigenvalue weighted by atomic mass is 10.0. The van der Waals surface area contributed by atoms with Crippen molar-refractivity contribution in [2.45, 2.75) is 19.6 Å². The van der Waals surface area contributed by atoms with Crippen molar-refractivity contribution in [2.75, 3.05) is 38.7 Å². The molecule has 6 nitrogen and oxygen atoms in total. The zero-order valence-electron chi connectivity index (χ0n) is 16.8. The van der Waals surface area contributed by atoms with E-state index in [-0.39, 0.29) is 11.9 Å². The number of morpholine rings is 1. The van der Waals surface area contributed by atoms with Gasteiger partial charge in [-0.25, -0.2) is 19.3 Å². The fourth-order valence-corrected chi connectivity index (χ4v) is 4.25. The quantitative estimate of drug-likeness (QED) is 0.636. The van der Waals surface area contributed by atoms with Gasteiger partial charge in [0, 0.05) is 56.6 Å². The normalized spacial score (nSPS) is 17.4. The number of aryl methyl sites for hydroxylation is 1. The van der Waals surface area contributed by atoms with E-state index in [1.165, 1.54) is 17.0 Å². The van der Waals surface area contributed by atoms with Gasteiger partial charge in [0.05, 0.1) is 17.3 Å². The number of halogens is 1. The van der Waals surface area contributed by atoms with Crippen molar-refractivity contribution in [3.63, 3.8) is 0 Å². The second-order valence-corrected chi connectivity index (χ2v) is 8.63. The fourth-order valence-electron chi connectivity index (χ4n) is 3.41. The SMILES string of the molecule is Cc1ncc(CN2CCOC(c3nc(N(C)C)ncc3-c3ccc(F)cc3)C2)s1. The topological polar surface area (TPSA) is 54.4 Å². The lowest BCUT2D eigenvalue weighted by molar-refractivity contribution is -0.0344. The lowest BCUT2D eigenvalue weighted by Gasteiger charge is -2.33. The van der Waals surface area contributed by atoms with Crippen LogP contribution >= 0.6 is 11.3 Å². The Hall–Kier alpha value is -2.42. The van der Waals surface area contributed by atoms with Crippen LogP contribution in [0, 0.1) is 12.7 Å². The van der Waals surface area contributed by atoms with Crippen molar-refractivity contribution in [2.24, 2.45) is 0 Å². The van der Waals surface area contributed by atoms with Crippen molar-refractivity contribution in [1.82, 2.24) is 19.9 Å². The highest BCUT2D eigenvalue weighted by atomic mass is 32.1. The Morgan fingerprint density at radius 3 is 2.69 bits per heavy atom. The highest BCUT2D eigenvalue weighted by molar-refractivity contribution is 7.11. The molecule has 0 aliphatic carbocycles. The van der Waals surface area contributed by atoms with E-state index in [2.05, 4.69) is 14.9 Å². The molecule has 3 heterocycles. The summed E-state index contributed by atoms with van der Waals surface area (Å²) in [6.45, 7) is 5.10. The third kappa shape index (κ3) is 4.60. The zero-order valence-corrected chi connectivity index (χ0v) is 17.6. The molecule has 0 amide bonds. The number of aromatic nitrogens is 3. The molecular weight excluding hydrogens is 389 g/mol. The van der Waals surface area contributed by atoms with Gasteiger partial charge in [0.1, 0.15) is 11.9 Å². The molecule has 152 valence electrons. The van der Waals surface area contributed by atoms with Gasteiger partial charge in [-0.2, -0.15) is 0 Å². The summed E-state index contributed by atoms with van der Waals surface area (Å²) in [6.07, 6.45) is 3.57. The Balaban J connectivity index is 1.64. The number of thiazole rings is 1. The molecule has 0 radical (unpaired) electrons. The van der Waals surface area contributed by atoms with Gasteiger partial charge in [0.15, 0.2) is 0 Å². The minimum absolute atomic E-state index is 0.181. The number of ether oxygens (including phenoxy) is 1. The molecule has 8 heteroatoms. The molecule has 1 fully saturated rings. The van der Waals surface area contributed by atoms with Gasteiger partial charge in [0.25, 0.3) is 0 Å². The molecule has 3 aromatic rings. The van der Waals surface area contributed by atoms with Crippen molar-refractivity contribution < 1.29 is 9.13 Å². The van der Waals surface area contributed by atoms with Crippen molar-refractivity contribution >= 4 is 17.3 Å². The molecule has 1 aliphatic rings. The first-order chi connectivity index (χ1) is 14.0. The van der Waals surface area contributed by atoms with Gasteiger partial charge in [-0.3, -0.25) is 4.90 Å².